The van der Waals surface area contributed by atoms with Crippen LogP contribution in [-0.4, -0.2) is 52.6 Å². The summed E-state index contributed by atoms with van der Waals surface area (Å²) >= 11 is 0. The number of urea groups is 1. The molecule has 2 atom stereocenters. The van der Waals surface area contributed by atoms with Crippen LogP contribution in [0.5, 0.6) is 0 Å². The number of likely N-dealkylation sites (tertiary alicyclic amines) is 2. The molecule has 2 unspecified atom stereocenters. The zero-order valence-electron chi connectivity index (χ0n) is 11.7. The van der Waals surface area contributed by atoms with Crippen molar-refractivity contribution in [2.24, 2.45) is 5.92 Å². The average molecular weight is 268 g/mol. The Balaban J connectivity index is 1.86. The maximum absolute atomic E-state index is 12.4. The highest BCUT2D eigenvalue weighted by molar-refractivity contribution is 5.75. The molecule has 0 saturated carbocycles. The van der Waals surface area contributed by atoms with E-state index >= 15 is 0 Å². The first-order valence-corrected chi connectivity index (χ1v) is 7.35. The first-order valence-electron chi connectivity index (χ1n) is 7.35. The molecule has 2 heterocycles. The summed E-state index contributed by atoms with van der Waals surface area (Å²) in [5.74, 6) is -0.386. The minimum Gasteiger partial charge on any atom is -0.481 e. The first-order chi connectivity index (χ1) is 9.08. The van der Waals surface area contributed by atoms with E-state index in [1.165, 1.54) is 0 Å². The molecule has 2 saturated heterocycles. The van der Waals surface area contributed by atoms with Crippen LogP contribution in [0.25, 0.3) is 0 Å². The Kier molecular flexibility index (Phi) is 4.66. The zero-order valence-corrected chi connectivity index (χ0v) is 11.7. The average Bonchev–Trinajstić information content (AvgIpc) is 2.82. The molecule has 0 radical (unpaired) electrons. The van der Waals surface area contributed by atoms with Crippen molar-refractivity contribution < 1.29 is 14.7 Å². The fourth-order valence-corrected chi connectivity index (χ4v) is 3.20. The molecule has 0 aromatic carbocycles. The number of amides is 2. The molecule has 2 fully saturated rings. The molecule has 0 spiro atoms. The summed E-state index contributed by atoms with van der Waals surface area (Å²) in [5, 5.41) is 8.74. The highest BCUT2D eigenvalue weighted by Gasteiger charge is 2.31. The van der Waals surface area contributed by atoms with Gasteiger partial charge >= 0.3 is 12.0 Å². The monoisotopic (exact) mass is 268 g/mol. The van der Waals surface area contributed by atoms with Crippen LogP contribution in [-0.2, 0) is 4.79 Å². The molecule has 2 aliphatic heterocycles. The lowest BCUT2D eigenvalue weighted by molar-refractivity contribution is -0.137. The Morgan fingerprint density at radius 3 is 2.58 bits per heavy atom. The minimum absolute atomic E-state index is 0.157. The Morgan fingerprint density at radius 1 is 1.21 bits per heavy atom. The molecule has 19 heavy (non-hydrogen) atoms. The second-order valence-corrected chi connectivity index (χ2v) is 5.85. The van der Waals surface area contributed by atoms with Gasteiger partial charge in [-0.1, -0.05) is 0 Å². The van der Waals surface area contributed by atoms with Crippen LogP contribution >= 0.6 is 0 Å². The fourth-order valence-electron chi connectivity index (χ4n) is 3.20. The molecular formula is C14H24N2O3. The van der Waals surface area contributed by atoms with Gasteiger partial charge in [-0.25, -0.2) is 4.79 Å². The van der Waals surface area contributed by atoms with E-state index in [1.807, 2.05) is 9.80 Å². The molecular weight excluding hydrogens is 244 g/mol. The number of piperidine rings is 1. The Labute approximate surface area is 114 Å². The highest BCUT2D eigenvalue weighted by Crippen LogP contribution is 2.24. The molecule has 2 aliphatic rings. The molecule has 0 bridgehead atoms. The van der Waals surface area contributed by atoms with Gasteiger partial charge in [0.15, 0.2) is 0 Å². The normalized spacial score (nSPS) is 27.6. The number of carboxylic acid groups (broad SMARTS) is 1. The van der Waals surface area contributed by atoms with Crippen molar-refractivity contribution in [1.29, 1.82) is 0 Å². The van der Waals surface area contributed by atoms with E-state index in [0.717, 1.165) is 45.3 Å². The lowest BCUT2D eigenvalue weighted by Crippen LogP contribution is -2.48. The Hall–Kier alpha value is -1.26. The SMILES string of the molecule is CC1CCCN1C(=O)N1CCCC(CCC(=O)O)C1. The second kappa shape index (κ2) is 6.26. The van der Waals surface area contributed by atoms with Crippen LogP contribution in [0.15, 0.2) is 0 Å². The van der Waals surface area contributed by atoms with Gasteiger partial charge in [0.1, 0.15) is 0 Å². The van der Waals surface area contributed by atoms with Crippen molar-refractivity contribution in [1.82, 2.24) is 9.80 Å². The standard InChI is InChI=1S/C14H24N2O3/c1-11-4-2-9-16(11)14(19)15-8-3-5-12(10-15)6-7-13(17)18/h11-12H,2-10H2,1H3,(H,17,18). The molecule has 0 aromatic heterocycles. The van der Waals surface area contributed by atoms with Crippen LogP contribution in [0.2, 0.25) is 0 Å². The number of carboxylic acids is 1. The van der Waals surface area contributed by atoms with Crippen molar-refractivity contribution in [2.75, 3.05) is 19.6 Å². The van der Waals surface area contributed by atoms with Gasteiger partial charge in [0.2, 0.25) is 0 Å². The molecule has 2 amide bonds. The molecule has 5 heteroatoms. The maximum Gasteiger partial charge on any atom is 0.320 e. The van der Waals surface area contributed by atoms with Gasteiger partial charge in [0.05, 0.1) is 0 Å². The van der Waals surface area contributed by atoms with Crippen molar-refractivity contribution in [3.63, 3.8) is 0 Å². The number of nitrogens with zero attached hydrogens (tertiary/aromatic N) is 2. The molecule has 2 rings (SSSR count). The van der Waals surface area contributed by atoms with Crippen LogP contribution in [0.3, 0.4) is 0 Å². The molecule has 108 valence electrons. The van der Waals surface area contributed by atoms with Crippen LogP contribution in [0, 0.1) is 5.92 Å². The van der Waals surface area contributed by atoms with Crippen LogP contribution in [0.4, 0.5) is 4.79 Å². The Bertz CT molecular complexity index is 346. The van der Waals surface area contributed by atoms with Gasteiger partial charge in [-0.3, -0.25) is 4.79 Å². The largest absolute Gasteiger partial charge is 0.481 e. The van der Waals surface area contributed by atoms with E-state index in [4.69, 9.17) is 5.11 Å². The molecule has 1 N–H and O–H groups in total. The van der Waals surface area contributed by atoms with Crippen molar-refractivity contribution >= 4 is 12.0 Å². The van der Waals surface area contributed by atoms with Crippen molar-refractivity contribution in [2.45, 2.75) is 51.5 Å². The number of rotatable bonds is 3. The fraction of sp³-hybridized carbons (Fsp3) is 0.857. The predicted octanol–water partition coefficient (Wildman–Crippen LogP) is 2.17. The quantitative estimate of drug-likeness (QED) is 0.853. The second-order valence-electron chi connectivity index (χ2n) is 5.85. The summed E-state index contributed by atoms with van der Waals surface area (Å²) in [6, 6.07) is 0.511. The van der Waals surface area contributed by atoms with Gasteiger partial charge in [-0.15, -0.1) is 0 Å². The highest BCUT2D eigenvalue weighted by atomic mass is 16.4. The summed E-state index contributed by atoms with van der Waals surface area (Å²) < 4.78 is 0. The molecule has 5 nitrogen and oxygen atoms in total. The Morgan fingerprint density at radius 2 is 1.95 bits per heavy atom. The van der Waals surface area contributed by atoms with Gasteiger partial charge < -0.3 is 14.9 Å². The number of hydrogen-bond donors (Lipinski definition) is 1. The summed E-state index contributed by atoms with van der Waals surface area (Å²) in [6.07, 6.45) is 5.15. The number of hydrogen-bond acceptors (Lipinski definition) is 2. The van der Waals surface area contributed by atoms with Gasteiger partial charge in [0.25, 0.3) is 0 Å². The summed E-state index contributed by atoms with van der Waals surface area (Å²) in [7, 11) is 0. The van der Waals surface area contributed by atoms with E-state index in [-0.39, 0.29) is 12.5 Å². The molecule has 0 aromatic rings. The topological polar surface area (TPSA) is 60.9 Å². The van der Waals surface area contributed by atoms with Crippen molar-refractivity contribution in [3.05, 3.63) is 0 Å². The lowest BCUT2D eigenvalue weighted by Gasteiger charge is -2.36. The zero-order chi connectivity index (χ0) is 13.8. The maximum atomic E-state index is 12.4. The van der Waals surface area contributed by atoms with Crippen molar-refractivity contribution in [3.8, 4) is 0 Å². The third-order valence-electron chi connectivity index (χ3n) is 4.35. The van der Waals surface area contributed by atoms with E-state index in [0.29, 0.717) is 18.4 Å². The van der Waals surface area contributed by atoms with Gasteiger partial charge in [-0.2, -0.15) is 0 Å². The van der Waals surface area contributed by atoms with Gasteiger partial charge in [-0.05, 0) is 44.9 Å². The summed E-state index contributed by atoms with van der Waals surface area (Å²) in [5.41, 5.74) is 0. The number of aliphatic carboxylic acids is 1. The van der Waals surface area contributed by atoms with Crippen LogP contribution < -0.4 is 0 Å². The van der Waals surface area contributed by atoms with E-state index in [1.54, 1.807) is 0 Å². The first kappa shape index (κ1) is 14.2. The summed E-state index contributed by atoms with van der Waals surface area (Å²) in [4.78, 5) is 27.0. The number of carbonyl (C=O) groups is 2. The molecule has 0 aliphatic carbocycles. The smallest absolute Gasteiger partial charge is 0.320 e. The van der Waals surface area contributed by atoms with Gasteiger partial charge in [0, 0.05) is 32.1 Å². The minimum atomic E-state index is -0.739. The third kappa shape index (κ3) is 3.61. The number of carbonyl (C=O) groups excluding carboxylic acids is 1. The van der Waals surface area contributed by atoms with E-state index < -0.39 is 5.97 Å². The predicted molar refractivity (Wildman–Crippen MR) is 72.0 cm³/mol. The van der Waals surface area contributed by atoms with E-state index in [2.05, 4.69) is 6.92 Å². The summed E-state index contributed by atoms with van der Waals surface area (Å²) in [6.45, 7) is 4.54. The van der Waals surface area contributed by atoms with Crippen LogP contribution in [0.1, 0.15) is 45.4 Å². The third-order valence-corrected chi connectivity index (χ3v) is 4.35. The van der Waals surface area contributed by atoms with E-state index in [9.17, 15) is 9.59 Å². The lowest BCUT2D eigenvalue weighted by atomic mass is 9.93.